The van der Waals surface area contributed by atoms with Crippen LogP contribution >= 0.6 is 11.8 Å². The van der Waals surface area contributed by atoms with Crippen molar-refractivity contribution in [2.75, 3.05) is 0 Å². The molecule has 0 bridgehead atoms. The lowest BCUT2D eigenvalue weighted by molar-refractivity contribution is 0.186. The summed E-state index contributed by atoms with van der Waals surface area (Å²) in [6, 6.07) is 10.9. The fourth-order valence-electron chi connectivity index (χ4n) is 4.98. The van der Waals surface area contributed by atoms with Gasteiger partial charge in [-0.2, -0.15) is 0 Å². The summed E-state index contributed by atoms with van der Waals surface area (Å²) in [5.74, 6) is 3.04. The monoisotopic (exact) mass is 370 g/mol. The first-order chi connectivity index (χ1) is 12.8. The lowest BCUT2D eigenvalue weighted by Gasteiger charge is -2.35. The summed E-state index contributed by atoms with van der Waals surface area (Å²) in [7, 11) is 0. The van der Waals surface area contributed by atoms with Gasteiger partial charge in [0.15, 0.2) is 0 Å². The van der Waals surface area contributed by atoms with Crippen LogP contribution in [-0.4, -0.2) is 0 Å². The van der Waals surface area contributed by atoms with Gasteiger partial charge in [-0.3, -0.25) is 0 Å². The SMILES string of the molecule is CCCCCCCC1CCC(C2CC=C(Sc3ccccc3)CC2)CC1. The van der Waals surface area contributed by atoms with Gasteiger partial charge in [0.25, 0.3) is 0 Å². The van der Waals surface area contributed by atoms with Crippen LogP contribution in [0.1, 0.15) is 90.4 Å². The summed E-state index contributed by atoms with van der Waals surface area (Å²) in [6.07, 6.45) is 21.4. The number of hydrogen-bond donors (Lipinski definition) is 0. The molecule has 26 heavy (non-hydrogen) atoms. The van der Waals surface area contributed by atoms with Crippen molar-refractivity contribution in [2.45, 2.75) is 95.3 Å². The molecule has 1 aromatic rings. The van der Waals surface area contributed by atoms with E-state index in [0.717, 1.165) is 17.8 Å². The Bertz CT molecular complexity index is 524. The van der Waals surface area contributed by atoms with Crippen molar-refractivity contribution in [2.24, 2.45) is 17.8 Å². The molecular formula is C25H38S. The normalized spacial score (nSPS) is 26.5. The van der Waals surface area contributed by atoms with E-state index < -0.39 is 0 Å². The van der Waals surface area contributed by atoms with Crippen molar-refractivity contribution < 1.29 is 0 Å². The summed E-state index contributed by atoms with van der Waals surface area (Å²) in [5, 5.41) is 0. The van der Waals surface area contributed by atoms with Crippen LogP contribution in [0.2, 0.25) is 0 Å². The third kappa shape index (κ3) is 6.48. The third-order valence-electron chi connectivity index (χ3n) is 6.68. The molecule has 1 saturated carbocycles. The number of allylic oxidation sites excluding steroid dienone is 2. The molecule has 0 spiro atoms. The van der Waals surface area contributed by atoms with Crippen LogP contribution in [0.4, 0.5) is 0 Å². The first kappa shape index (κ1) is 20.1. The second-order valence-electron chi connectivity index (χ2n) is 8.60. The highest BCUT2D eigenvalue weighted by atomic mass is 32.2. The zero-order valence-electron chi connectivity index (χ0n) is 16.8. The van der Waals surface area contributed by atoms with Crippen molar-refractivity contribution in [1.29, 1.82) is 0 Å². The molecule has 1 fully saturated rings. The second-order valence-corrected chi connectivity index (χ2v) is 9.80. The Kier molecular flexibility index (Phi) is 8.66. The molecule has 0 N–H and O–H groups in total. The molecule has 1 heteroatoms. The highest BCUT2D eigenvalue weighted by Gasteiger charge is 2.28. The van der Waals surface area contributed by atoms with Gasteiger partial charge in [0, 0.05) is 4.90 Å². The van der Waals surface area contributed by atoms with Crippen LogP contribution in [0.25, 0.3) is 0 Å². The third-order valence-corrected chi connectivity index (χ3v) is 7.82. The summed E-state index contributed by atoms with van der Waals surface area (Å²) < 4.78 is 0. The van der Waals surface area contributed by atoms with Crippen molar-refractivity contribution in [1.82, 2.24) is 0 Å². The average molecular weight is 371 g/mol. The molecule has 1 aromatic carbocycles. The smallest absolute Gasteiger partial charge is 0.0118 e. The van der Waals surface area contributed by atoms with Gasteiger partial charge in [0.2, 0.25) is 0 Å². The Morgan fingerprint density at radius 2 is 1.62 bits per heavy atom. The molecular weight excluding hydrogens is 332 g/mol. The standard InChI is InChI=1S/C25H38S/c1-2-3-4-5-7-10-21-13-15-22(16-14-21)23-17-19-25(20-18-23)26-24-11-8-6-9-12-24/h6,8-9,11-12,19,21-23H,2-5,7,10,13-18,20H2,1H3. The van der Waals surface area contributed by atoms with Crippen LogP contribution < -0.4 is 0 Å². The van der Waals surface area contributed by atoms with Gasteiger partial charge in [0.05, 0.1) is 0 Å². The molecule has 0 aliphatic heterocycles. The maximum Gasteiger partial charge on any atom is 0.0118 e. The van der Waals surface area contributed by atoms with E-state index in [1.54, 1.807) is 4.91 Å². The fraction of sp³-hybridized carbons (Fsp3) is 0.680. The summed E-state index contributed by atoms with van der Waals surface area (Å²) in [5.41, 5.74) is 0. The predicted octanol–water partition coefficient (Wildman–Crippen LogP) is 8.63. The molecule has 0 amide bonds. The Morgan fingerprint density at radius 3 is 2.31 bits per heavy atom. The van der Waals surface area contributed by atoms with E-state index in [1.165, 1.54) is 88.4 Å². The molecule has 0 heterocycles. The topological polar surface area (TPSA) is 0 Å². The molecule has 2 aliphatic carbocycles. The average Bonchev–Trinajstić information content (AvgIpc) is 2.70. The van der Waals surface area contributed by atoms with Crippen molar-refractivity contribution in [3.05, 3.63) is 41.3 Å². The van der Waals surface area contributed by atoms with E-state index in [9.17, 15) is 0 Å². The van der Waals surface area contributed by atoms with E-state index in [0.29, 0.717) is 0 Å². The van der Waals surface area contributed by atoms with Crippen molar-refractivity contribution in [3.8, 4) is 0 Å². The lowest BCUT2D eigenvalue weighted by Crippen LogP contribution is -2.23. The van der Waals surface area contributed by atoms with Gasteiger partial charge < -0.3 is 0 Å². The van der Waals surface area contributed by atoms with Crippen LogP contribution in [0.15, 0.2) is 46.2 Å². The number of rotatable bonds is 9. The van der Waals surface area contributed by atoms with Gasteiger partial charge in [0.1, 0.15) is 0 Å². The molecule has 1 atom stereocenters. The lowest BCUT2D eigenvalue weighted by atomic mass is 9.71. The highest BCUT2D eigenvalue weighted by Crippen LogP contribution is 2.43. The van der Waals surface area contributed by atoms with E-state index in [-0.39, 0.29) is 0 Å². The van der Waals surface area contributed by atoms with Gasteiger partial charge in [-0.25, -0.2) is 0 Å². The minimum absolute atomic E-state index is 0.973. The number of hydrogen-bond acceptors (Lipinski definition) is 1. The Hall–Kier alpha value is -0.690. The number of thioether (sulfide) groups is 1. The minimum atomic E-state index is 0.973. The van der Waals surface area contributed by atoms with E-state index in [2.05, 4.69) is 43.3 Å². The predicted molar refractivity (Wildman–Crippen MR) is 117 cm³/mol. The maximum atomic E-state index is 2.56. The van der Waals surface area contributed by atoms with Gasteiger partial charge in [-0.1, -0.05) is 94.3 Å². The molecule has 0 radical (unpaired) electrons. The van der Waals surface area contributed by atoms with E-state index >= 15 is 0 Å². The first-order valence-corrected chi connectivity index (χ1v) is 12.1. The van der Waals surface area contributed by atoms with Crippen molar-refractivity contribution >= 4 is 11.8 Å². The number of unbranched alkanes of at least 4 members (excludes halogenated alkanes) is 4. The largest absolute Gasteiger partial charge is 0.0949 e. The zero-order valence-corrected chi connectivity index (χ0v) is 17.6. The highest BCUT2D eigenvalue weighted by molar-refractivity contribution is 8.03. The quantitative estimate of drug-likeness (QED) is 0.392. The summed E-state index contributed by atoms with van der Waals surface area (Å²) in [6.45, 7) is 2.31. The molecule has 0 saturated heterocycles. The molecule has 1 unspecified atom stereocenters. The maximum absolute atomic E-state index is 2.56. The molecule has 0 nitrogen and oxygen atoms in total. The molecule has 144 valence electrons. The van der Waals surface area contributed by atoms with Crippen LogP contribution in [0, 0.1) is 17.8 Å². The molecule has 2 aliphatic rings. The van der Waals surface area contributed by atoms with Gasteiger partial charge in [-0.05, 0) is 66.9 Å². The Balaban J connectivity index is 1.34. The zero-order chi connectivity index (χ0) is 18.0. The van der Waals surface area contributed by atoms with Crippen LogP contribution in [0.3, 0.4) is 0 Å². The molecule has 0 aromatic heterocycles. The van der Waals surface area contributed by atoms with Crippen LogP contribution in [-0.2, 0) is 0 Å². The first-order valence-electron chi connectivity index (χ1n) is 11.3. The second kappa shape index (κ2) is 11.2. The number of benzene rings is 1. The minimum Gasteiger partial charge on any atom is -0.0949 e. The van der Waals surface area contributed by atoms with E-state index in [1.807, 2.05) is 11.8 Å². The fourth-order valence-corrected chi connectivity index (χ4v) is 5.97. The van der Waals surface area contributed by atoms with Crippen LogP contribution in [0.5, 0.6) is 0 Å². The Morgan fingerprint density at radius 1 is 0.846 bits per heavy atom. The molecule has 3 rings (SSSR count). The summed E-state index contributed by atoms with van der Waals surface area (Å²) in [4.78, 5) is 3.00. The van der Waals surface area contributed by atoms with E-state index in [4.69, 9.17) is 0 Å². The van der Waals surface area contributed by atoms with Gasteiger partial charge in [-0.15, -0.1) is 0 Å². The summed E-state index contributed by atoms with van der Waals surface area (Å²) >= 11 is 1.99. The van der Waals surface area contributed by atoms with Gasteiger partial charge >= 0.3 is 0 Å². The Labute approximate surface area is 166 Å². The van der Waals surface area contributed by atoms with Crippen molar-refractivity contribution in [3.63, 3.8) is 0 Å².